The van der Waals surface area contributed by atoms with Crippen LogP contribution in [0.5, 0.6) is 5.75 Å². The standard InChI is InChI=1S/C24H18N2O6/c1-2-30-24(29)26-20-12-16(32-23(28)15-6-5-11-25-13-15)9-10-17(20)19-14-31-21-8-4-3-7-18(21)22(19)27/h3-14H,2H2,1H3,(H,26,29). The average molecular weight is 430 g/mol. The third kappa shape index (κ3) is 4.34. The van der Waals surface area contributed by atoms with E-state index in [4.69, 9.17) is 13.9 Å². The topological polar surface area (TPSA) is 108 Å². The van der Waals surface area contributed by atoms with Crippen molar-refractivity contribution in [1.29, 1.82) is 0 Å². The van der Waals surface area contributed by atoms with Gasteiger partial charge in [0.05, 0.1) is 28.8 Å². The third-order valence-electron chi connectivity index (χ3n) is 4.58. The van der Waals surface area contributed by atoms with Crippen LogP contribution >= 0.6 is 0 Å². The molecule has 8 heteroatoms. The van der Waals surface area contributed by atoms with Gasteiger partial charge in [0.15, 0.2) is 0 Å². The number of pyridine rings is 1. The van der Waals surface area contributed by atoms with Gasteiger partial charge in [-0.15, -0.1) is 0 Å². The van der Waals surface area contributed by atoms with Gasteiger partial charge in [0.25, 0.3) is 0 Å². The van der Waals surface area contributed by atoms with Gasteiger partial charge in [0.1, 0.15) is 17.6 Å². The molecule has 2 aromatic carbocycles. The molecule has 1 amide bonds. The monoisotopic (exact) mass is 430 g/mol. The van der Waals surface area contributed by atoms with Crippen molar-refractivity contribution in [2.24, 2.45) is 0 Å². The number of esters is 1. The van der Waals surface area contributed by atoms with E-state index in [9.17, 15) is 14.4 Å². The number of hydrogen-bond donors (Lipinski definition) is 1. The molecule has 0 atom stereocenters. The van der Waals surface area contributed by atoms with Gasteiger partial charge in [0.2, 0.25) is 5.43 Å². The smallest absolute Gasteiger partial charge is 0.411 e. The van der Waals surface area contributed by atoms with Crippen molar-refractivity contribution in [1.82, 2.24) is 4.98 Å². The predicted octanol–water partition coefficient (Wildman–Crippen LogP) is 4.64. The molecule has 4 aromatic rings. The number of anilines is 1. The maximum Gasteiger partial charge on any atom is 0.411 e. The number of amides is 1. The number of para-hydroxylation sites is 1. The van der Waals surface area contributed by atoms with Gasteiger partial charge in [-0.3, -0.25) is 15.1 Å². The van der Waals surface area contributed by atoms with Gasteiger partial charge in [-0.2, -0.15) is 0 Å². The summed E-state index contributed by atoms with van der Waals surface area (Å²) in [6.07, 6.45) is 3.55. The Morgan fingerprint density at radius 2 is 1.91 bits per heavy atom. The highest BCUT2D eigenvalue weighted by molar-refractivity contribution is 5.94. The number of ether oxygens (including phenoxy) is 2. The zero-order valence-electron chi connectivity index (χ0n) is 17.0. The predicted molar refractivity (Wildman–Crippen MR) is 118 cm³/mol. The van der Waals surface area contributed by atoms with Gasteiger partial charge < -0.3 is 13.9 Å². The molecule has 2 aromatic heterocycles. The summed E-state index contributed by atoms with van der Waals surface area (Å²) in [5.74, 6) is -0.447. The second-order valence-corrected chi connectivity index (χ2v) is 6.66. The van der Waals surface area contributed by atoms with Crippen molar-refractivity contribution in [2.75, 3.05) is 11.9 Å². The van der Waals surface area contributed by atoms with Crippen molar-refractivity contribution in [2.45, 2.75) is 6.92 Å². The molecule has 1 N–H and O–H groups in total. The number of benzene rings is 2. The van der Waals surface area contributed by atoms with Gasteiger partial charge in [-0.1, -0.05) is 12.1 Å². The van der Waals surface area contributed by atoms with Crippen molar-refractivity contribution >= 4 is 28.7 Å². The summed E-state index contributed by atoms with van der Waals surface area (Å²) in [4.78, 5) is 41.4. The van der Waals surface area contributed by atoms with Crippen LogP contribution in [-0.2, 0) is 4.74 Å². The number of carbonyl (C=O) groups is 2. The van der Waals surface area contributed by atoms with Gasteiger partial charge >= 0.3 is 12.1 Å². The Morgan fingerprint density at radius 3 is 2.69 bits per heavy atom. The summed E-state index contributed by atoms with van der Waals surface area (Å²) in [5.41, 5.74) is 1.30. The number of rotatable bonds is 5. The molecule has 0 spiro atoms. The van der Waals surface area contributed by atoms with E-state index in [2.05, 4.69) is 10.3 Å². The molecule has 160 valence electrons. The molecule has 32 heavy (non-hydrogen) atoms. The summed E-state index contributed by atoms with van der Waals surface area (Å²) < 4.78 is 16.0. The highest BCUT2D eigenvalue weighted by atomic mass is 16.5. The van der Waals surface area contributed by atoms with Crippen LogP contribution in [-0.4, -0.2) is 23.7 Å². The molecule has 0 saturated heterocycles. The molecule has 0 aliphatic heterocycles. The molecule has 0 aliphatic rings. The lowest BCUT2D eigenvalue weighted by atomic mass is 10.0. The van der Waals surface area contributed by atoms with Crippen molar-refractivity contribution in [3.63, 3.8) is 0 Å². The maximum atomic E-state index is 13.0. The van der Waals surface area contributed by atoms with Crippen LogP contribution in [0.25, 0.3) is 22.1 Å². The Morgan fingerprint density at radius 1 is 1.06 bits per heavy atom. The van der Waals surface area contributed by atoms with E-state index >= 15 is 0 Å². The van der Waals surface area contributed by atoms with Crippen LogP contribution in [0, 0.1) is 0 Å². The first kappa shape index (κ1) is 20.8. The van der Waals surface area contributed by atoms with Crippen molar-refractivity contribution in [3.05, 3.63) is 89.0 Å². The molecule has 0 aliphatic carbocycles. The first-order chi connectivity index (χ1) is 15.6. The molecule has 0 radical (unpaired) electrons. The Balaban J connectivity index is 1.75. The molecule has 2 heterocycles. The van der Waals surface area contributed by atoms with Crippen molar-refractivity contribution in [3.8, 4) is 16.9 Å². The van der Waals surface area contributed by atoms with E-state index in [0.717, 1.165) is 0 Å². The summed E-state index contributed by atoms with van der Waals surface area (Å²) in [5, 5.41) is 3.00. The van der Waals surface area contributed by atoms with Crippen LogP contribution in [0.1, 0.15) is 17.3 Å². The van der Waals surface area contributed by atoms with Crippen molar-refractivity contribution < 1.29 is 23.5 Å². The second kappa shape index (κ2) is 9.13. The fourth-order valence-corrected chi connectivity index (χ4v) is 3.12. The highest BCUT2D eigenvalue weighted by Crippen LogP contribution is 2.31. The zero-order chi connectivity index (χ0) is 22.5. The van der Waals surface area contributed by atoms with Crippen LogP contribution in [0.15, 0.2) is 82.5 Å². The molecule has 0 unspecified atom stereocenters. The summed E-state index contributed by atoms with van der Waals surface area (Å²) in [6, 6.07) is 14.6. The SMILES string of the molecule is CCOC(=O)Nc1cc(OC(=O)c2cccnc2)ccc1-c1coc2ccccc2c1=O. The van der Waals surface area contributed by atoms with E-state index in [-0.39, 0.29) is 34.6 Å². The maximum absolute atomic E-state index is 13.0. The zero-order valence-corrected chi connectivity index (χ0v) is 17.0. The number of aromatic nitrogens is 1. The minimum Gasteiger partial charge on any atom is -0.463 e. The molecular formula is C24H18N2O6. The molecule has 4 rings (SSSR count). The van der Waals surface area contributed by atoms with E-state index < -0.39 is 12.1 Å². The largest absolute Gasteiger partial charge is 0.463 e. The fraction of sp³-hybridized carbons (Fsp3) is 0.0833. The van der Waals surface area contributed by atoms with E-state index in [1.165, 1.54) is 24.6 Å². The third-order valence-corrected chi connectivity index (χ3v) is 4.58. The number of hydrogen-bond acceptors (Lipinski definition) is 7. The number of carbonyl (C=O) groups excluding carboxylic acids is 2. The summed E-state index contributed by atoms with van der Waals surface area (Å²) in [7, 11) is 0. The molecule has 0 saturated carbocycles. The number of nitrogens with one attached hydrogen (secondary N) is 1. The first-order valence-electron chi connectivity index (χ1n) is 9.77. The minimum atomic E-state index is -0.713. The van der Waals surface area contributed by atoms with Crippen LogP contribution in [0.3, 0.4) is 0 Å². The minimum absolute atomic E-state index is 0.162. The average Bonchev–Trinajstić information content (AvgIpc) is 2.81. The fourth-order valence-electron chi connectivity index (χ4n) is 3.12. The van der Waals surface area contributed by atoms with Gasteiger partial charge in [-0.05, 0) is 43.3 Å². The lowest BCUT2D eigenvalue weighted by Gasteiger charge is -2.13. The Bertz CT molecular complexity index is 1350. The number of fused-ring (bicyclic) bond motifs is 1. The van der Waals surface area contributed by atoms with Gasteiger partial charge in [0, 0.05) is 24.0 Å². The van der Waals surface area contributed by atoms with Crippen LogP contribution in [0.2, 0.25) is 0 Å². The van der Waals surface area contributed by atoms with E-state index in [0.29, 0.717) is 16.5 Å². The van der Waals surface area contributed by atoms with Crippen LogP contribution < -0.4 is 15.5 Å². The van der Waals surface area contributed by atoms with E-state index in [1.807, 2.05) is 0 Å². The van der Waals surface area contributed by atoms with E-state index in [1.54, 1.807) is 55.6 Å². The first-order valence-corrected chi connectivity index (χ1v) is 9.77. The lowest BCUT2D eigenvalue weighted by molar-refractivity contribution is 0.0734. The Labute approximate surface area is 182 Å². The quantitative estimate of drug-likeness (QED) is 0.363. The van der Waals surface area contributed by atoms with Crippen LogP contribution in [0.4, 0.5) is 10.5 Å². The summed E-state index contributed by atoms with van der Waals surface area (Å²) >= 11 is 0. The molecule has 0 bridgehead atoms. The molecule has 0 fully saturated rings. The normalized spacial score (nSPS) is 10.5. The van der Waals surface area contributed by atoms with Gasteiger partial charge in [-0.25, -0.2) is 9.59 Å². The Kier molecular flexibility index (Phi) is 5.94. The highest BCUT2D eigenvalue weighted by Gasteiger charge is 2.17. The Hall–Kier alpha value is -4.46. The second-order valence-electron chi connectivity index (χ2n) is 6.66. The molecular weight excluding hydrogens is 412 g/mol. The lowest BCUT2D eigenvalue weighted by Crippen LogP contribution is -2.15. The summed E-state index contributed by atoms with van der Waals surface area (Å²) in [6.45, 7) is 1.83. The number of nitrogens with zero attached hydrogens (tertiary/aromatic N) is 1. The molecule has 8 nitrogen and oxygen atoms in total.